The van der Waals surface area contributed by atoms with Crippen molar-refractivity contribution in [3.05, 3.63) is 92.0 Å². The van der Waals surface area contributed by atoms with E-state index in [9.17, 15) is 18.0 Å². The quantitative estimate of drug-likeness (QED) is 0.161. The number of benzene rings is 3. The van der Waals surface area contributed by atoms with Gasteiger partial charge >= 0.3 is 0 Å². The van der Waals surface area contributed by atoms with Crippen LogP contribution in [0.4, 0.5) is 5.69 Å². The summed E-state index contributed by atoms with van der Waals surface area (Å²) >= 11 is 14.5. The van der Waals surface area contributed by atoms with Crippen molar-refractivity contribution >= 4 is 73.3 Å². The molecule has 214 valence electrons. The molecule has 3 rings (SSSR count). The highest BCUT2D eigenvalue weighted by Gasteiger charge is 2.33. The Morgan fingerprint density at radius 2 is 1.62 bits per heavy atom. The molecular weight excluding hydrogens is 684 g/mol. The van der Waals surface area contributed by atoms with Crippen LogP contribution in [0.25, 0.3) is 0 Å². The van der Waals surface area contributed by atoms with Gasteiger partial charge in [0.15, 0.2) is 0 Å². The zero-order valence-electron chi connectivity index (χ0n) is 22.3. The Hall–Kier alpha value is -2.34. The summed E-state index contributed by atoms with van der Waals surface area (Å²) in [5, 5.41) is 3.60. The summed E-state index contributed by atoms with van der Waals surface area (Å²) in [4.78, 5) is 28.8. The van der Waals surface area contributed by atoms with E-state index < -0.39 is 28.5 Å². The van der Waals surface area contributed by atoms with Gasteiger partial charge in [-0.05, 0) is 89.5 Å². The van der Waals surface area contributed by atoms with E-state index >= 15 is 0 Å². The van der Waals surface area contributed by atoms with Crippen molar-refractivity contribution in [2.24, 2.45) is 0 Å². The molecule has 2 amide bonds. The van der Waals surface area contributed by atoms with Crippen LogP contribution < -0.4 is 9.62 Å². The van der Waals surface area contributed by atoms with Crippen molar-refractivity contribution in [1.29, 1.82) is 0 Å². The first-order valence-electron chi connectivity index (χ1n) is 12.9. The largest absolute Gasteiger partial charge is 0.354 e. The van der Waals surface area contributed by atoms with E-state index in [0.717, 1.165) is 20.7 Å². The van der Waals surface area contributed by atoms with Crippen LogP contribution in [0.1, 0.15) is 38.7 Å². The number of nitrogens with zero attached hydrogens (tertiary/aromatic N) is 2. The first-order chi connectivity index (χ1) is 19.1. The van der Waals surface area contributed by atoms with Crippen LogP contribution in [0.15, 0.2) is 77.7 Å². The molecule has 0 aliphatic rings. The lowest BCUT2D eigenvalue weighted by Gasteiger charge is -2.33. The summed E-state index contributed by atoms with van der Waals surface area (Å²) in [6.07, 6.45) is 2.05. The van der Waals surface area contributed by atoms with Gasteiger partial charge in [-0.1, -0.05) is 67.7 Å². The number of unbranched alkanes of at least 4 members (excludes halogenated alkanes) is 1. The van der Waals surface area contributed by atoms with E-state index in [2.05, 4.69) is 27.9 Å². The lowest BCUT2D eigenvalue weighted by molar-refractivity contribution is -0.140. The summed E-state index contributed by atoms with van der Waals surface area (Å²) < 4.78 is 29.6. The van der Waals surface area contributed by atoms with E-state index in [1.165, 1.54) is 17.0 Å². The number of halogens is 3. The molecule has 40 heavy (non-hydrogen) atoms. The summed E-state index contributed by atoms with van der Waals surface area (Å²) in [5.41, 5.74) is 1.00. The third kappa shape index (κ3) is 8.34. The van der Waals surface area contributed by atoms with Gasteiger partial charge in [0.05, 0.1) is 20.6 Å². The Morgan fingerprint density at radius 1 is 0.950 bits per heavy atom. The fourth-order valence-corrected chi connectivity index (χ4v) is 6.23. The number of sulfonamides is 1. The molecule has 1 N–H and O–H groups in total. The zero-order valence-corrected chi connectivity index (χ0v) is 26.8. The molecule has 0 saturated heterocycles. The third-order valence-corrected chi connectivity index (χ3v) is 9.52. The molecule has 7 nitrogen and oxygen atoms in total. The summed E-state index contributed by atoms with van der Waals surface area (Å²) in [6, 6.07) is 19.0. The smallest absolute Gasteiger partial charge is 0.264 e. The topological polar surface area (TPSA) is 86.8 Å². The summed E-state index contributed by atoms with van der Waals surface area (Å²) in [7, 11) is -4.11. The molecule has 0 heterocycles. The number of amides is 2. The number of hydrogen-bond donors (Lipinski definition) is 1. The Balaban J connectivity index is 2.03. The molecule has 11 heteroatoms. The van der Waals surface area contributed by atoms with Gasteiger partial charge in [-0.2, -0.15) is 0 Å². The molecule has 1 atom stereocenters. The molecule has 0 radical (unpaired) electrons. The minimum atomic E-state index is -4.11. The van der Waals surface area contributed by atoms with E-state index in [-0.39, 0.29) is 17.3 Å². The molecule has 0 bridgehead atoms. The molecule has 3 aromatic rings. The predicted molar refractivity (Wildman–Crippen MR) is 169 cm³/mol. The van der Waals surface area contributed by atoms with Gasteiger partial charge in [0.1, 0.15) is 12.6 Å². The number of nitrogens with one attached hydrogen (secondary N) is 1. The maximum atomic E-state index is 14.0. The Labute approximate surface area is 260 Å². The van der Waals surface area contributed by atoms with Crippen LogP contribution >= 0.6 is 45.8 Å². The van der Waals surface area contributed by atoms with Crippen molar-refractivity contribution in [2.45, 2.75) is 50.6 Å². The maximum Gasteiger partial charge on any atom is 0.264 e. The molecular formula is C29H32Cl2IN3O4S. The minimum absolute atomic E-state index is 0.0430. The number of carbonyl (C=O) groups excluding carboxylic acids is 2. The molecule has 0 aromatic heterocycles. The van der Waals surface area contributed by atoms with E-state index in [1.807, 2.05) is 13.8 Å². The number of anilines is 1. The number of hydrogen-bond acceptors (Lipinski definition) is 4. The molecule has 0 spiro atoms. The van der Waals surface area contributed by atoms with Crippen molar-refractivity contribution < 1.29 is 18.0 Å². The van der Waals surface area contributed by atoms with Crippen molar-refractivity contribution in [1.82, 2.24) is 10.2 Å². The van der Waals surface area contributed by atoms with Crippen molar-refractivity contribution in [3.63, 3.8) is 0 Å². The second kappa shape index (κ2) is 15.0. The van der Waals surface area contributed by atoms with Crippen LogP contribution in [0.2, 0.25) is 10.0 Å². The number of carbonyl (C=O) groups is 2. The van der Waals surface area contributed by atoms with Crippen molar-refractivity contribution in [3.8, 4) is 0 Å². The second-order valence-electron chi connectivity index (χ2n) is 9.14. The molecule has 0 aliphatic carbocycles. The maximum absolute atomic E-state index is 14.0. The van der Waals surface area contributed by atoms with Crippen LogP contribution in [-0.2, 0) is 26.2 Å². The van der Waals surface area contributed by atoms with Gasteiger partial charge in [-0.25, -0.2) is 8.42 Å². The van der Waals surface area contributed by atoms with Gasteiger partial charge in [0.25, 0.3) is 10.0 Å². The van der Waals surface area contributed by atoms with Crippen LogP contribution in [-0.4, -0.2) is 44.3 Å². The van der Waals surface area contributed by atoms with E-state index in [4.69, 9.17) is 23.2 Å². The molecule has 3 aromatic carbocycles. The first kappa shape index (κ1) is 32.2. The van der Waals surface area contributed by atoms with Gasteiger partial charge < -0.3 is 10.2 Å². The van der Waals surface area contributed by atoms with Crippen LogP contribution in [0.5, 0.6) is 0 Å². The molecule has 0 aliphatic heterocycles. The van der Waals surface area contributed by atoms with E-state index in [1.54, 1.807) is 60.7 Å². The average Bonchev–Trinajstić information content (AvgIpc) is 2.94. The van der Waals surface area contributed by atoms with E-state index in [0.29, 0.717) is 34.3 Å². The summed E-state index contributed by atoms with van der Waals surface area (Å²) in [6.45, 7) is 3.86. The monoisotopic (exact) mass is 715 g/mol. The highest BCUT2D eigenvalue weighted by atomic mass is 127. The average molecular weight is 716 g/mol. The lowest BCUT2D eigenvalue weighted by Crippen LogP contribution is -2.52. The minimum Gasteiger partial charge on any atom is -0.354 e. The van der Waals surface area contributed by atoms with Crippen LogP contribution in [0.3, 0.4) is 0 Å². The van der Waals surface area contributed by atoms with Gasteiger partial charge in [-0.15, -0.1) is 0 Å². The second-order valence-corrected chi connectivity index (χ2v) is 13.1. The standard InChI is InChI=1S/C29H32Cl2IN3O4S/c1-3-5-17-33-29(37)27(4-2)34(19-21-11-16-25(30)26(31)18-21)28(36)20-35(23-14-12-22(32)13-15-23)40(38,39)24-9-7-6-8-10-24/h6-16,18,27H,3-5,17,19-20H2,1-2H3,(H,33,37)/t27-/m1/s1. The highest BCUT2D eigenvalue weighted by Crippen LogP contribution is 2.27. The number of rotatable bonds is 13. The lowest BCUT2D eigenvalue weighted by atomic mass is 10.1. The SMILES string of the molecule is CCCCNC(=O)[C@@H](CC)N(Cc1ccc(Cl)c(Cl)c1)C(=O)CN(c1ccc(I)cc1)S(=O)(=O)c1ccccc1. The predicted octanol–water partition coefficient (Wildman–Crippen LogP) is 6.52. The Morgan fingerprint density at radius 3 is 2.23 bits per heavy atom. The normalized spacial score (nSPS) is 12.0. The van der Waals surface area contributed by atoms with Gasteiger partial charge in [0.2, 0.25) is 11.8 Å². The zero-order chi connectivity index (χ0) is 29.3. The Kier molecular flexibility index (Phi) is 12.1. The molecule has 0 unspecified atom stereocenters. The van der Waals surface area contributed by atoms with Crippen LogP contribution in [0, 0.1) is 3.57 Å². The first-order valence-corrected chi connectivity index (χ1v) is 16.2. The third-order valence-electron chi connectivity index (χ3n) is 6.28. The molecule has 0 fully saturated rings. The highest BCUT2D eigenvalue weighted by molar-refractivity contribution is 14.1. The summed E-state index contributed by atoms with van der Waals surface area (Å²) in [5.74, 6) is -0.822. The fourth-order valence-electron chi connectivity index (χ4n) is 4.12. The van der Waals surface area contributed by atoms with Gasteiger partial charge in [0, 0.05) is 16.7 Å². The van der Waals surface area contributed by atoms with Gasteiger partial charge in [-0.3, -0.25) is 13.9 Å². The fraction of sp³-hybridized carbons (Fsp3) is 0.310. The van der Waals surface area contributed by atoms with Crippen molar-refractivity contribution in [2.75, 3.05) is 17.4 Å². The Bertz CT molecular complexity index is 1410. The molecule has 0 saturated carbocycles.